The number of aromatic nitrogens is 2. The van der Waals surface area contributed by atoms with Crippen molar-refractivity contribution in [2.75, 3.05) is 13.2 Å². The van der Waals surface area contributed by atoms with Crippen LogP contribution in [0.1, 0.15) is 85.0 Å². The van der Waals surface area contributed by atoms with Crippen molar-refractivity contribution in [3.63, 3.8) is 0 Å². The third kappa shape index (κ3) is 9.60. The van der Waals surface area contributed by atoms with Crippen LogP contribution in [0.3, 0.4) is 0 Å². The molecular weight excluding hydrogens is 372 g/mol. The van der Waals surface area contributed by atoms with Crippen LogP contribution in [0.5, 0.6) is 11.5 Å². The lowest BCUT2D eigenvalue weighted by Gasteiger charge is -2.09. The van der Waals surface area contributed by atoms with Gasteiger partial charge < -0.3 is 9.47 Å². The normalized spacial score (nSPS) is 12.0. The van der Waals surface area contributed by atoms with Crippen LogP contribution in [0.2, 0.25) is 0 Å². The van der Waals surface area contributed by atoms with E-state index in [4.69, 9.17) is 9.47 Å². The number of nitrogens with zero attached hydrogens (tertiary/aromatic N) is 2. The second-order valence-electron chi connectivity index (χ2n) is 8.24. The molecule has 1 aromatic carbocycles. The molecule has 0 spiro atoms. The molecule has 0 fully saturated rings. The van der Waals surface area contributed by atoms with Crippen molar-refractivity contribution in [3.05, 3.63) is 36.7 Å². The summed E-state index contributed by atoms with van der Waals surface area (Å²) in [6.07, 6.45) is 16.0. The third-order valence-electron chi connectivity index (χ3n) is 5.56. The molecule has 166 valence electrons. The topological polar surface area (TPSA) is 44.2 Å². The zero-order chi connectivity index (χ0) is 21.4. The van der Waals surface area contributed by atoms with E-state index in [0.29, 0.717) is 5.82 Å². The highest BCUT2D eigenvalue weighted by Crippen LogP contribution is 2.21. The highest BCUT2D eigenvalue weighted by Gasteiger charge is 2.04. The van der Waals surface area contributed by atoms with Crippen LogP contribution in [0.15, 0.2) is 36.7 Å². The summed E-state index contributed by atoms with van der Waals surface area (Å²) in [5, 5.41) is 0. The first kappa shape index (κ1) is 24.2. The van der Waals surface area contributed by atoms with Crippen molar-refractivity contribution in [1.29, 1.82) is 0 Å². The third-order valence-corrected chi connectivity index (χ3v) is 5.56. The molecule has 0 aliphatic carbocycles. The first-order valence-corrected chi connectivity index (χ1v) is 11.9. The first-order chi connectivity index (χ1) is 14.7. The van der Waals surface area contributed by atoms with E-state index in [0.717, 1.165) is 49.0 Å². The molecule has 0 aliphatic heterocycles. The lowest BCUT2D eigenvalue weighted by Crippen LogP contribution is -2.00. The van der Waals surface area contributed by atoms with Crippen LogP contribution in [0.4, 0.5) is 0 Å². The molecule has 1 aromatic heterocycles. The molecule has 0 bridgehead atoms. The Morgan fingerprint density at radius 3 is 2.00 bits per heavy atom. The van der Waals surface area contributed by atoms with Crippen LogP contribution in [-0.4, -0.2) is 23.2 Å². The Labute approximate surface area is 183 Å². The van der Waals surface area contributed by atoms with Crippen molar-refractivity contribution in [1.82, 2.24) is 9.97 Å². The second-order valence-corrected chi connectivity index (χ2v) is 8.24. The number of hydrogen-bond acceptors (Lipinski definition) is 4. The first-order valence-electron chi connectivity index (χ1n) is 11.9. The fraction of sp³-hybridized carbons (Fsp3) is 0.615. The Morgan fingerprint density at radius 2 is 1.33 bits per heavy atom. The lowest BCUT2D eigenvalue weighted by molar-refractivity contribution is 0.297. The van der Waals surface area contributed by atoms with Crippen LogP contribution in [-0.2, 0) is 0 Å². The molecule has 2 aromatic rings. The van der Waals surface area contributed by atoms with Crippen molar-refractivity contribution in [3.8, 4) is 22.9 Å². The van der Waals surface area contributed by atoms with E-state index in [1.807, 2.05) is 24.3 Å². The predicted molar refractivity (Wildman–Crippen MR) is 125 cm³/mol. The quantitative estimate of drug-likeness (QED) is 0.268. The summed E-state index contributed by atoms with van der Waals surface area (Å²) in [5.41, 5.74) is 0.988. The number of hydrogen-bond donors (Lipinski definition) is 0. The molecule has 0 aliphatic rings. The maximum atomic E-state index is 5.85. The monoisotopic (exact) mass is 412 g/mol. The van der Waals surface area contributed by atoms with Gasteiger partial charge in [-0.1, -0.05) is 65.7 Å². The minimum atomic E-state index is 0.710. The van der Waals surface area contributed by atoms with Crippen molar-refractivity contribution >= 4 is 0 Å². The maximum absolute atomic E-state index is 5.85. The zero-order valence-electron chi connectivity index (χ0n) is 19.2. The van der Waals surface area contributed by atoms with E-state index in [9.17, 15) is 0 Å². The van der Waals surface area contributed by atoms with Gasteiger partial charge in [-0.15, -0.1) is 0 Å². The molecule has 0 N–H and O–H groups in total. The largest absolute Gasteiger partial charge is 0.494 e. The summed E-state index contributed by atoms with van der Waals surface area (Å²) in [6.45, 7) is 8.31. The fourth-order valence-corrected chi connectivity index (χ4v) is 3.30. The summed E-state index contributed by atoms with van der Waals surface area (Å²) in [5.74, 6) is 3.16. The molecule has 4 heteroatoms. The molecule has 0 saturated heterocycles. The van der Waals surface area contributed by atoms with Crippen LogP contribution in [0.25, 0.3) is 11.4 Å². The van der Waals surface area contributed by atoms with E-state index in [1.54, 1.807) is 12.4 Å². The number of rotatable bonds is 16. The van der Waals surface area contributed by atoms with Crippen LogP contribution >= 0.6 is 0 Å². The molecule has 2 rings (SSSR count). The van der Waals surface area contributed by atoms with E-state index in [-0.39, 0.29) is 0 Å². The minimum absolute atomic E-state index is 0.710. The second kappa shape index (κ2) is 14.8. The Hall–Kier alpha value is -2.10. The SMILES string of the molecule is CCCCCCCCOc1ccc(-c2ncc(OCCCCC(C)CC)cn2)cc1. The smallest absolute Gasteiger partial charge is 0.159 e. The Balaban J connectivity index is 1.68. The molecule has 0 amide bonds. The van der Waals surface area contributed by atoms with Gasteiger partial charge >= 0.3 is 0 Å². The number of ether oxygens (including phenoxy) is 2. The summed E-state index contributed by atoms with van der Waals surface area (Å²) in [6, 6.07) is 8.03. The molecule has 1 unspecified atom stereocenters. The van der Waals surface area contributed by atoms with Gasteiger partial charge in [0.2, 0.25) is 0 Å². The van der Waals surface area contributed by atoms with Gasteiger partial charge in [-0.3, -0.25) is 0 Å². The number of benzene rings is 1. The van der Waals surface area contributed by atoms with Gasteiger partial charge in [0, 0.05) is 5.56 Å². The minimum Gasteiger partial charge on any atom is -0.494 e. The van der Waals surface area contributed by atoms with Gasteiger partial charge in [-0.05, 0) is 49.4 Å². The van der Waals surface area contributed by atoms with E-state index in [1.165, 1.54) is 51.4 Å². The van der Waals surface area contributed by atoms with E-state index < -0.39 is 0 Å². The molecule has 4 nitrogen and oxygen atoms in total. The maximum Gasteiger partial charge on any atom is 0.159 e. The summed E-state index contributed by atoms with van der Waals surface area (Å²) < 4.78 is 11.6. The van der Waals surface area contributed by atoms with E-state index >= 15 is 0 Å². The summed E-state index contributed by atoms with van der Waals surface area (Å²) in [7, 11) is 0. The van der Waals surface area contributed by atoms with E-state index in [2.05, 4.69) is 30.7 Å². The summed E-state index contributed by atoms with van der Waals surface area (Å²) >= 11 is 0. The Bertz CT molecular complexity index is 670. The molecule has 1 atom stereocenters. The van der Waals surface area contributed by atoms with Crippen LogP contribution in [0, 0.1) is 5.92 Å². The van der Waals surface area contributed by atoms with Gasteiger partial charge in [0.15, 0.2) is 11.6 Å². The predicted octanol–water partition coefficient (Wildman–Crippen LogP) is 7.48. The zero-order valence-corrected chi connectivity index (χ0v) is 19.2. The van der Waals surface area contributed by atoms with Crippen molar-refractivity contribution in [2.24, 2.45) is 5.92 Å². The van der Waals surface area contributed by atoms with Gasteiger partial charge in [0.1, 0.15) is 5.75 Å². The molecule has 30 heavy (non-hydrogen) atoms. The lowest BCUT2D eigenvalue weighted by atomic mass is 10.0. The molecule has 0 saturated carbocycles. The average Bonchev–Trinajstić information content (AvgIpc) is 2.79. The van der Waals surface area contributed by atoms with Gasteiger partial charge in [0.05, 0.1) is 25.6 Å². The highest BCUT2D eigenvalue weighted by atomic mass is 16.5. The Kier molecular flexibility index (Phi) is 11.9. The molecule has 1 heterocycles. The summed E-state index contributed by atoms with van der Waals surface area (Å²) in [4.78, 5) is 8.91. The van der Waals surface area contributed by atoms with Crippen molar-refractivity contribution in [2.45, 2.75) is 85.0 Å². The Morgan fingerprint density at radius 1 is 0.733 bits per heavy atom. The standard InChI is InChI=1S/C26H40N2O2/c1-4-6-7-8-9-11-18-29-24-16-14-23(15-17-24)26-27-20-25(21-28-26)30-19-12-10-13-22(3)5-2/h14-17,20-22H,4-13,18-19H2,1-3H3. The highest BCUT2D eigenvalue weighted by molar-refractivity contribution is 5.56. The molecule has 0 radical (unpaired) electrons. The van der Waals surface area contributed by atoms with Gasteiger partial charge in [0.25, 0.3) is 0 Å². The average molecular weight is 413 g/mol. The fourth-order valence-electron chi connectivity index (χ4n) is 3.30. The molecular formula is C26H40N2O2. The van der Waals surface area contributed by atoms with Gasteiger partial charge in [-0.2, -0.15) is 0 Å². The number of unbranched alkanes of at least 4 members (excludes halogenated alkanes) is 6. The van der Waals surface area contributed by atoms with Gasteiger partial charge in [-0.25, -0.2) is 9.97 Å². The van der Waals surface area contributed by atoms with Crippen LogP contribution < -0.4 is 9.47 Å². The van der Waals surface area contributed by atoms with Crippen molar-refractivity contribution < 1.29 is 9.47 Å².